The van der Waals surface area contributed by atoms with Crippen molar-refractivity contribution in [3.8, 4) is 0 Å². The number of hydrogen-bond donors (Lipinski definition) is 3. The van der Waals surface area contributed by atoms with Gasteiger partial charge in [0.1, 0.15) is 0 Å². The summed E-state index contributed by atoms with van der Waals surface area (Å²) < 4.78 is 0. The molecule has 4 nitrogen and oxygen atoms in total. The van der Waals surface area contributed by atoms with Crippen LogP contribution in [0.1, 0.15) is 19.3 Å². The first-order valence-electron chi connectivity index (χ1n) is 3.69. The monoisotopic (exact) mass is 160 g/mol. The summed E-state index contributed by atoms with van der Waals surface area (Å²) in [6.45, 7) is 0. The average Bonchev–Trinajstić information content (AvgIpc) is 2.18. The number of hydrogen-bond acceptors (Lipinski definition) is 3. The molecule has 1 rings (SSSR count). The largest absolute Gasteiger partial charge is 0.481 e. The van der Waals surface area contributed by atoms with E-state index in [2.05, 4.69) is 0 Å². The molecule has 0 amide bonds. The van der Waals surface area contributed by atoms with Crippen LogP contribution in [-0.4, -0.2) is 33.5 Å². The predicted octanol–water partition coefficient (Wildman–Crippen LogP) is -0.407. The van der Waals surface area contributed by atoms with Crippen LogP contribution < -0.4 is 0 Å². The standard InChI is InChI=1S/C7H12O4/c8-5-2-1-4(7(5)11)3-6(9)10/h4-5,7-8,11H,1-3H2,(H,9,10)/t4?,5-,7-/m0/s1. The Morgan fingerprint density at radius 3 is 2.36 bits per heavy atom. The van der Waals surface area contributed by atoms with Crippen LogP contribution in [0.3, 0.4) is 0 Å². The highest BCUT2D eigenvalue weighted by Gasteiger charge is 2.34. The first kappa shape index (κ1) is 8.49. The molecule has 0 bridgehead atoms. The van der Waals surface area contributed by atoms with Crippen LogP contribution in [0.25, 0.3) is 0 Å². The predicted molar refractivity (Wildman–Crippen MR) is 37.0 cm³/mol. The van der Waals surface area contributed by atoms with Gasteiger partial charge in [0.05, 0.1) is 18.6 Å². The molecular formula is C7H12O4. The fraction of sp³-hybridized carbons (Fsp3) is 0.857. The molecule has 0 radical (unpaired) electrons. The number of aliphatic hydroxyl groups is 2. The second-order valence-corrected chi connectivity index (χ2v) is 2.99. The summed E-state index contributed by atoms with van der Waals surface area (Å²) in [6, 6.07) is 0. The van der Waals surface area contributed by atoms with Gasteiger partial charge in [0.25, 0.3) is 0 Å². The van der Waals surface area contributed by atoms with Crippen molar-refractivity contribution in [2.24, 2.45) is 5.92 Å². The number of aliphatic hydroxyl groups excluding tert-OH is 2. The molecule has 0 aromatic rings. The number of rotatable bonds is 2. The van der Waals surface area contributed by atoms with Gasteiger partial charge in [-0.15, -0.1) is 0 Å². The Kier molecular flexibility index (Phi) is 2.46. The van der Waals surface area contributed by atoms with Gasteiger partial charge in [-0.3, -0.25) is 4.79 Å². The molecule has 1 fully saturated rings. The minimum Gasteiger partial charge on any atom is -0.481 e. The van der Waals surface area contributed by atoms with Crippen molar-refractivity contribution in [1.29, 1.82) is 0 Å². The fourth-order valence-corrected chi connectivity index (χ4v) is 1.49. The van der Waals surface area contributed by atoms with Gasteiger partial charge >= 0.3 is 5.97 Å². The lowest BCUT2D eigenvalue weighted by Crippen LogP contribution is -2.26. The van der Waals surface area contributed by atoms with E-state index in [1.807, 2.05) is 0 Å². The Labute approximate surface area is 64.5 Å². The van der Waals surface area contributed by atoms with Gasteiger partial charge < -0.3 is 15.3 Å². The maximum absolute atomic E-state index is 10.2. The smallest absolute Gasteiger partial charge is 0.303 e. The number of aliphatic carboxylic acids is 1. The first-order chi connectivity index (χ1) is 5.11. The maximum atomic E-state index is 10.2. The third-order valence-corrected chi connectivity index (χ3v) is 2.15. The Morgan fingerprint density at radius 1 is 1.36 bits per heavy atom. The van der Waals surface area contributed by atoms with Crippen LogP contribution in [0, 0.1) is 5.92 Å². The molecule has 0 heterocycles. The third-order valence-electron chi connectivity index (χ3n) is 2.15. The van der Waals surface area contributed by atoms with E-state index in [9.17, 15) is 9.90 Å². The van der Waals surface area contributed by atoms with Crippen molar-refractivity contribution in [2.45, 2.75) is 31.5 Å². The van der Waals surface area contributed by atoms with Crippen molar-refractivity contribution in [3.63, 3.8) is 0 Å². The van der Waals surface area contributed by atoms with E-state index in [1.54, 1.807) is 0 Å². The van der Waals surface area contributed by atoms with Crippen LogP contribution in [0.2, 0.25) is 0 Å². The van der Waals surface area contributed by atoms with E-state index in [1.165, 1.54) is 0 Å². The Bertz CT molecular complexity index is 157. The molecule has 1 unspecified atom stereocenters. The second kappa shape index (κ2) is 3.19. The lowest BCUT2D eigenvalue weighted by molar-refractivity contribution is -0.139. The van der Waals surface area contributed by atoms with Gasteiger partial charge in [-0.1, -0.05) is 0 Å². The highest BCUT2D eigenvalue weighted by Crippen LogP contribution is 2.28. The van der Waals surface area contributed by atoms with E-state index in [-0.39, 0.29) is 12.3 Å². The van der Waals surface area contributed by atoms with Gasteiger partial charge in [0, 0.05) is 0 Å². The van der Waals surface area contributed by atoms with Crippen molar-refractivity contribution < 1.29 is 20.1 Å². The molecule has 3 atom stereocenters. The fourth-order valence-electron chi connectivity index (χ4n) is 1.49. The van der Waals surface area contributed by atoms with Crippen molar-refractivity contribution >= 4 is 5.97 Å². The van der Waals surface area contributed by atoms with Gasteiger partial charge in [-0.05, 0) is 18.8 Å². The molecule has 0 aromatic heterocycles. The van der Waals surface area contributed by atoms with E-state index < -0.39 is 18.2 Å². The summed E-state index contributed by atoms with van der Waals surface area (Å²) in [4.78, 5) is 10.2. The summed E-state index contributed by atoms with van der Waals surface area (Å²) in [5, 5.41) is 26.6. The summed E-state index contributed by atoms with van der Waals surface area (Å²) in [6.07, 6.45) is -0.489. The molecular weight excluding hydrogens is 148 g/mol. The molecule has 3 N–H and O–H groups in total. The van der Waals surface area contributed by atoms with Crippen LogP contribution in [0.4, 0.5) is 0 Å². The zero-order chi connectivity index (χ0) is 8.43. The first-order valence-corrected chi connectivity index (χ1v) is 3.69. The Morgan fingerprint density at radius 2 is 2.00 bits per heavy atom. The number of carboxylic acid groups (broad SMARTS) is 1. The Balaban J connectivity index is 2.42. The van der Waals surface area contributed by atoms with Crippen LogP contribution >= 0.6 is 0 Å². The SMILES string of the molecule is O=C(O)CC1CC[C@H](O)[C@H]1O. The molecule has 0 aliphatic heterocycles. The highest BCUT2D eigenvalue weighted by molar-refractivity contribution is 5.67. The summed E-state index contributed by atoms with van der Waals surface area (Å²) in [5.74, 6) is -1.18. The van der Waals surface area contributed by atoms with Gasteiger partial charge in [0.2, 0.25) is 0 Å². The van der Waals surface area contributed by atoms with Gasteiger partial charge in [0.15, 0.2) is 0 Å². The van der Waals surface area contributed by atoms with Gasteiger partial charge in [-0.25, -0.2) is 0 Å². The second-order valence-electron chi connectivity index (χ2n) is 2.99. The maximum Gasteiger partial charge on any atom is 0.303 e. The van der Waals surface area contributed by atoms with Crippen molar-refractivity contribution in [3.05, 3.63) is 0 Å². The Hall–Kier alpha value is -0.610. The molecule has 64 valence electrons. The lowest BCUT2D eigenvalue weighted by atomic mass is 10.0. The normalized spacial score (nSPS) is 37.5. The van der Waals surface area contributed by atoms with Crippen LogP contribution in [-0.2, 0) is 4.79 Å². The zero-order valence-electron chi connectivity index (χ0n) is 6.10. The molecule has 0 aromatic carbocycles. The number of carbonyl (C=O) groups is 1. The third kappa shape index (κ3) is 1.91. The molecule has 1 aliphatic rings. The molecule has 0 saturated heterocycles. The van der Waals surface area contributed by atoms with Crippen LogP contribution in [0.15, 0.2) is 0 Å². The van der Waals surface area contributed by atoms with E-state index >= 15 is 0 Å². The topological polar surface area (TPSA) is 77.8 Å². The van der Waals surface area contributed by atoms with Gasteiger partial charge in [-0.2, -0.15) is 0 Å². The highest BCUT2D eigenvalue weighted by atomic mass is 16.4. The molecule has 11 heavy (non-hydrogen) atoms. The van der Waals surface area contributed by atoms with E-state index in [4.69, 9.17) is 10.2 Å². The minimum absolute atomic E-state index is 0.0434. The quantitative estimate of drug-likeness (QED) is 0.513. The minimum atomic E-state index is -0.914. The molecule has 1 aliphatic carbocycles. The van der Waals surface area contributed by atoms with Crippen LogP contribution in [0.5, 0.6) is 0 Å². The molecule has 0 spiro atoms. The molecule has 4 heteroatoms. The average molecular weight is 160 g/mol. The number of carboxylic acids is 1. The van der Waals surface area contributed by atoms with Crippen molar-refractivity contribution in [2.75, 3.05) is 0 Å². The summed E-state index contributed by atoms with van der Waals surface area (Å²) in [7, 11) is 0. The van der Waals surface area contributed by atoms with Crippen molar-refractivity contribution in [1.82, 2.24) is 0 Å². The van der Waals surface area contributed by atoms with E-state index in [0.717, 1.165) is 0 Å². The molecule has 1 saturated carbocycles. The van der Waals surface area contributed by atoms with E-state index in [0.29, 0.717) is 12.8 Å². The summed E-state index contributed by atoms with van der Waals surface area (Å²) in [5.41, 5.74) is 0. The zero-order valence-corrected chi connectivity index (χ0v) is 6.10. The summed E-state index contributed by atoms with van der Waals surface area (Å²) >= 11 is 0. The lowest BCUT2D eigenvalue weighted by Gasteiger charge is -2.13.